The van der Waals surface area contributed by atoms with Gasteiger partial charge in [0.15, 0.2) is 0 Å². The van der Waals surface area contributed by atoms with Gasteiger partial charge in [0, 0.05) is 10.0 Å². The van der Waals surface area contributed by atoms with Crippen LogP contribution in [0, 0.1) is 11.3 Å². The van der Waals surface area contributed by atoms with Gasteiger partial charge in [-0.3, -0.25) is 0 Å². The molecule has 0 N–H and O–H groups in total. The third-order valence-electron chi connectivity index (χ3n) is 2.91. The first-order chi connectivity index (χ1) is 9.29. The van der Waals surface area contributed by atoms with E-state index >= 15 is 0 Å². The van der Waals surface area contributed by atoms with Gasteiger partial charge in [-0.1, -0.05) is 30.3 Å². The van der Waals surface area contributed by atoms with Crippen LogP contribution in [0.5, 0.6) is 0 Å². The molecule has 0 saturated carbocycles. The molecule has 0 saturated heterocycles. The zero-order chi connectivity index (χ0) is 13.2. The molecular weight excluding hydrogens is 322 g/mol. The zero-order valence-corrected chi connectivity index (χ0v) is 12.2. The monoisotopic (exact) mass is 329 g/mol. The first-order valence-corrected chi connectivity index (χ1v) is 7.19. The lowest BCUT2D eigenvalue weighted by atomic mass is 10.0. The molecule has 0 unspecified atom stereocenters. The Morgan fingerprint density at radius 1 is 1.05 bits per heavy atom. The average molecular weight is 330 g/mol. The first-order valence-electron chi connectivity index (χ1n) is 5.66. The molecule has 0 radical (unpaired) electrons. The second-order valence-electron chi connectivity index (χ2n) is 4.09. The zero-order valence-electron chi connectivity index (χ0n) is 9.80. The number of hydrogen-bond donors (Lipinski definition) is 0. The highest BCUT2D eigenvalue weighted by molar-refractivity contribution is 9.10. The van der Waals surface area contributed by atoms with Crippen LogP contribution < -0.4 is 0 Å². The van der Waals surface area contributed by atoms with E-state index in [1.54, 1.807) is 0 Å². The van der Waals surface area contributed by atoms with E-state index in [-0.39, 0.29) is 0 Å². The van der Waals surface area contributed by atoms with Crippen LogP contribution in [0.4, 0.5) is 0 Å². The maximum Gasteiger partial charge on any atom is 0.119 e. The number of aromatic nitrogens is 2. The van der Waals surface area contributed by atoms with Gasteiger partial charge < -0.3 is 0 Å². The number of nitriles is 1. The van der Waals surface area contributed by atoms with Crippen LogP contribution in [0.1, 0.15) is 5.56 Å². The topological polar surface area (TPSA) is 49.6 Å². The molecular formula is C14H8BrN3S. The fourth-order valence-corrected chi connectivity index (χ4v) is 3.06. The maximum atomic E-state index is 8.68. The number of halogens is 1. The molecule has 19 heavy (non-hydrogen) atoms. The predicted molar refractivity (Wildman–Crippen MR) is 79.9 cm³/mol. The fourth-order valence-electron chi connectivity index (χ4n) is 1.96. The van der Waals surface area contributed by atoms with Crippen molar-refractivity contribution in [1.29, 1.82) is 5.26 Å². The Morgan fingerprint density at radius 3 is 2.53 bits per heavy atom. The van der Waals surface area contributed by atoms with Crippen molar-refractivity contribution in [2.45, 2.75) is 6.42 Å². The van der Waals surface area contributed by atoms with Crippen LogP contribution in [-0.4, -0.2) is 8.75 Å². The molecule has 2 aromatic carbocycles. The molecule has 92 valence electrons. The van der Waals surface area contributed by atoms with Gasteiger partial charge in [-0.05, 0) is 33.1 Å². The molecule has 5 heteroatoms. The van der Waals surface area contributed by atoms with Crippen molar-refractivity contribution in [2.75, 3.05) is 0 Å². The van der Waals surface area contributed by atoms with E-state index in [9.17, 15) is 0 Å². The molecule has 0 aliphatic heterocycles. The van der Waals surface area contributed by atoms with Gasteiger partial charge in [0.05, 0.1) is 24.2 Å². The van der Waals surface area contributed by atoms with E-state index < -0.39 is 0 Å². The van der Waals surface area contributed by atoms with Crippen molar-refractivity contribution >= 4 is 38.7 Å². The van der Waals surface area contributed by atoms with Crippen molar-refractivity contribution < 1.29 is 0 Å². The molecule has 3 aromatic rings. The number of fused-ring (bicyclic) bond motifs is 1. The van der Waals surface area contributed by atoms with Crippen molar-refractivity contribution in [1.82, 2.24) is 8.75 Å². The Kier molecular flexibility index (Phi) is 3.28. The Balaban J connectivity index is 2.12. The number of benzene rings is 2. The Morgan fingerprint density at radius 2 is 1.79 bits per heavy atom. The predicted octanol–water partition coefficient (Wildman–Crippen LogP) is 4.19. The molecule has 0 aliphatic carbocycles. The largest absolute Gasteiger partial charge is 0.198 e. The minimum Gasteiger partial charge on any atom is -0.198 e. The van der Waals surface area contributed by atoms with Crippen LogP contribution in [0.25, 0.3) is 22.2 Å². The van der Waals surface area contributed by atoms with E-state index in [4.69, 9.17) is 5.26 Å². The van der Waals surface area contributed by atoms with E-state index in [0.29, 0.717) is 6.42 Å². The molecule has 0 spiro atoms. The molecule has 0 amide bonds. The summed E-state index contributed by atoms with van der Waals surface area (Å²) in [4.78, 5) is 0. The highest BCUT2D eigenvalue weighted by atomic mass is 79.9. The minimum atomic E-state index is 0.439. The first kappa shape index (κ1) is 12.3. The van der Waals surface area contributed by atoms with Crippen LogP contribution in [0.2, 0.25) is 0 Å². The Labute approximate surface area is 123 Å². The standard InChI is InChI=1S/C14H8BrN3S/c15-12-6-5-11(13-14(12)18-19-17-13)10-3-1-9(2-4-10)7-8-16/h1-6H,7H2. The molecule has 1 aromatic heterocycles. The maximum absolute atomic E-state index is 8.68. The number of rotatable bonds is 2. The van der Waals surface area contributed by atoms with Crippen LogP contribution in [-0.2, 0) is 6.42 Å². The summed E-state index contributed by atoms with van der Waals surface area (Å²) in [6.45, 7) is 0. The minimum absolute atomic E-state index is 0.439. The molecule has 0 fully saturated rings. The smallest absolute Gasteiger partial charge is 0.119 e. The highest BCUT2D eigenvalue weighted by Crippen LogP contribution is 2.31. The summed E-state index contributed by atoms with van der Waals surface area (Å²) in [6.07, 6.45) is 0.439. The summed E-state index contributed by atoms with van der Waals surface area (Å²) in [5.41, 5.74) is 4.98. The van der Waals surface area contributed by atoms with Crippen LogP contribution >= 0.6 is 27.7 Å². The normalized spacial score (nSPS) is 10.5. The number of hydrogen-bond acceptors (Lipinski definition) is 4. The van der Waals surface area contributed by atoms with Gasteiger partial charge in [-0.2, -0.15) is 14.0 Å². The highest BCUT2D eigenvalue weighted by Gasteiger charge is 2.10. The summed E-state index contributed by atoms with van der Waals surface area (Å²) >= 11 is 4.70. The molecule has 0 bridgehead atoms. The molecule has 1 heterocycles. The van der Waals surface area contributed by atoms with E-state index in [1.165, 1.54) is 11.7 Å². The molecule has 3 rings (SSSR count). The molecule has 0 atom stereocenters. The molecule has 3 nitrogen and oxygen atoms in total. The lowest BCUT2D eigenvalue weighted by Crippen LogP contribution is -1.84. The second kappa shape index (κ2) is 5.08. The number of nitrogens with zero attached hydrogens (tertiary/aromatic N) is 3. The van der Waals surface area contributed by atoms with Gasteiger partial charge in [0.2, 0.25) is 0 Å². The average Bonchev–Trinajstić information content (AvgIpc) is 2.91. The van der Waals surface area contributed by atoms with E-state index in [1.807, 2.05) is 36.4 Å². The van der Waals surface area contributed by atoms with Gasteiger partial charge in [-0.25, -0.2) is 0 Å². The Hall–Kier alpha value is -1.77. The van der Waals surface area contributed by atoms with Crippen LogP contribution in [0.3, 0.4) is 0 Å². The summed E-state index contributed by atoms with van der Waals surface area (Å²) in [5.74, 6) is 0. The van der Waals surface area contributed by atoms with Crippen molar-refractivity contribution in [3.8, 4) is 17.2 Å². The van der Waals surface area contributed by atoms with Gasteiger partial charge >= 0.3 is 0 Å². The fraction of sp³-hybridized carbons (Fsp3) is 0.0714. The molecule has 0 aliphatic rings. The van der Waals surface area contributed by atoms with Crippen molar-refractivity contribution in [3.05, 3.63) is 46.4 Å². The van der Waals surface area contributed by atoms with Crippen LogP contribution in [0.15, 0.2) is 40.9 Å². The third kappa shape index (κ3) is 2.25. The summed E-state index contributed by atoms with van der Waals surface area (Å²) in [5, 5.41) is 8.68. The summed E-state index contributed by atoms with van der Waals surface area (Å²) in [6, 6.07) is 14.2. The summed E-state index contributed by atoms with van der Waals surface area (Å²) < 4.78 is 9.61. The van der Waals surface area contributed by atoms with E-state index in [0.717, 1.165) is 32.2 Å². The van der Waals surface area contributed by atoms with Crippen molar-refractivity contribution in [3.63, 3.8) is 0 Å². The van der Waals surface area contributed by atoms with Gasteiger partial charge in [0.1, 0.15) is 11.0 Å². The van der Waals surface area contributed by atoms with Gasteiger partial charge in [-0.15, -0.1) is 0 Å². The third-order valence-corrected chi connectivity index (χ3v) is 4.08. The second-order valence-corrected chi connectivity index (χ2v) is 5.47. The van der Waals surface area contributed by atoms with E-state index in [2.05, 4.69) is 30.7 Å². The van der Waals surface area contributed by atoms with Gasteiger partial charge in [0.25, 0.3) is 0 Å². The lowest BCUT2D eigenvalue weighted by molar-refractivity contribution is 1.26. The Bertz CT molecular complexity index is 771. The summed E-state index contributed by atoms with van der Waals surface area (Å²) in [7, 11) is 0. The quantitative estimate of drug-likeness (QED) is 0.708. The lowest BCUT2D eigenvalue weighted by Gasteiger charge is -2.04. The SMILES string of the molecule is N#CCc1ccc(-c2ccc(Br)c3nsnc23)cc1. The van der Waals surface area contributed by atoms with Crippen molar-refractivity contribution in [2.24, 2.45) is 0 Å².